The molecule has 13 heteroatoms. The fraction of sp³-hybridized carbons (Fsp3) is 0.567. The van der Waals surface area contributed by atoms with Gasteiger partial charge in [-0.3, -0.25) is 14.4 Å². The molecule has 11 nitrogen and oxygen atoms in total. The molecule has 2 aliphatic rings. The van der Waals surface area contributed by atoms with Gasteiger partial charge in [0.05, 0.1) is 11.7 Å². The van der Waals surface area contributed by atoms with E-state index in [0.29, 0.717) is 36.7 Å². The second-order valence-electron chi connectivity index (χ2n) is 12.4. The molecule has 3 aromatic heterocycles. The maximum Gasteiger partial charge on any atom is 0.416 e. The Bertz CT molecular complexity index is 1440. The second-order valence-corrected chi connectivity index (χ2v) is 12.4. The maximum absolute atomic E-state index is 14.0. The third-order valence-electron chi connectivity index (χ3n) is 7.81. The first-order valence-corrected chi connectivity index (χ1v) is 14.6. The van der Waals surface area contributed by atoms with Crippen molar-refractivity contribution in [1.29, 1.82) is 0 Å². The second kappa shape index (κ2) is 12.4. The normalized spacial score (nSPS) is 19.0. The van der Waals surface area contributed by atoms with Crippen molar-refractivity contribution in [1.82, 2.24) is 19.7 Å². The van der Waals surface area contributed by atoms with Gasteiger partial charge < -0.3 is 19.2 Å². The molecule has 232 valence electrons. The summed E-state index contributed by atoms with van der Waals surface area (Å²) in [6.07, 6.45) is 5.80. The quantitative estimate of drug-likeness (QED) is 0.316. The van der Waals surface area contributed by atoms with Crippen LogP contribution in [0.1, 0.15) is 87.9 Å². The molecule has 0 saturated heterocycles. The molecule has 3 aromatic rings. The molecule has 3 heterocycles. The van der Waals surface area contributed by atoms with Gasteiger partial charge in [0.15, 0.2) is 11.4 Å². The summed E-state index contributed by atoms with van der Waals surface area (Å²) in [5.74, 6) is 0.420. The number of halogens is 2. The number of hydrogen-bond acceptors (Lipinski definition) is 8. The van der Waals surface area contributed by atoms with Crippen LogP contribution >= 0.6 is 0 Å². The lowest BCUT2D eigenvalue weighted by Gasteiger charge is -2.27. The van der Waals surface area contributed by atoms with Crippen molar-refractivity contribution in [3.8, 4) is 11.5 Å². The molecule has 2 amide bonds. The predicted molar refractivity (Wildman–Crippen MR) is 154 cm³/mol. The van der Waals surface area contributed by atoms with E-state index in [9.17, 15) is 23.5 Å². The highest BCUT2D eigenvalue weighted by atomic mass is 19.3. The van der Waals surface area contributed by atoms with Crippen molar-refractivity contribution < 1.29 is 32.6 Å². The number of rotatable bonds is 9. The number of amides is 2. The minimum absolute atomic E-state index is 0.00638. The first-order chi connectivity index (χ1) is 20.4. The van der Waals surface area contributed by atoms with Crippen LogP contribution < -0.4 is 9.80 Å². The zero-order chi connectivity index (χ0) is 30.9. The molecule has 0 aromatic carbocycles. The number of hydrogen-bond donors (Lipinski definition) is 1. The van der Waals surface area contributed by atoms with Gasteiger partial charge in [-0.2, -0.15) is 5.10 Å². The van der Waals surface area contributed by atoms with E-state index in [1.54, 1.807) is 32.9 Å². The maximum atomic E-state index is 14.0. The zero-order valence-corrected chi connectivity index (χ0v) is 24.9. The fourth-order valence-corrected chi connectivity index (χ4v) is 5.21. The van der Waals surface area contributed by atoms with E-state index in [2.05, 4.69) is 15.1 Å². The number of anilines is 2. The van der Waals surface area contributed by atoms with Gasteiger partial charge in [-0.1, -0.05) is 0 Å². The number of aliphatic hydroxyl groups is 1. The smallest absolute Gasteiger partial charge is 0.416 e. The summed E-state index contributed by atoms with van der Waals surface area (Å²) in [7, 11) is 1.40. The first kappa shape index (κ1) is 30.6. The number of carbonyl (C=O) groups is 2. The Labute approximate surface area is 248 Å². The zero-order valence-electron chi connectivity index (χ0n) is 24.9. The Morgan fingerprint density at radius 1 is 1.16 bits per heavy atom. The molecule has 0 aliphatic heterocycles. The molecule has 0 unspecified atom stereocenters. The lowest BCUT2D eigenvalue weighted by molar-refractivity contribution is 0.0577. The monoisotopic (exact) mass is 600 g/mol. The molecule has 1 N–H and O–H groups in total. The van der Waals surface area contributed by atoms with Crippen LogP contribution in [0.15, 0.2) is 35.2 Å². The number of pyridine rings is 1. The van der Waals surface area contributed by atoms with Gasteiger partial charge in [-0.25, -0.2) is 23.5 Å². The highest BCUT2D eigenvalue weighted by Gasteiger charge is 2.32. The van der Waals surface area contributed by atoms with E-state index in [1.165, 1.54) is 35.3 Å². The summed E-state index contributed by atoms with van der Waals surface area (Å²) in [6, 6.07) is 3.19. The minimum Gasteiger partial charge on any atom is -0.444 e. The van der Waals surface area contributed by atoms with E-state index < -0.39 is 29.7 Å². The van der Waals surface area contributed by atoms with E-state index in [1.807, 2.05) is 0 Å². The topological polar surface area (TPSA) is 127 Å². The molecule has 0 spiro atoms. The average Bonchev–Trinajstić information content (AvgIpc) is 3.47. The van der Waals surface area contributed by atoms with Crippen LogP contribution in [0.2, 0.25) is 0 Å². The molecule has 2 aliphatic carbocycles. The Morgan fingerprint density at radius 2 is 1.86 bits per heavy atom. The van der Waals surface area contributed by atoms with E-state index in [-0.39, 0.29) is 35.8 Å². The fourth-order valence-electron chi connectivity index (χ4n) is 5.21. The van der Waals surface area contributed by atoms with E-state index >= 15 is 0 Å². The predicted octanol–water partition coefficient (Wildman–Crippen LogP) is 6.02. The van der Waals surface area contributed by atoms with Gasteiger partial charge in [-0.15, -0.1) is 0 Å². The summed E-state index contributed by atoms with van der Waals surface area (Å²) in [5, 5.41) is 13.6. The molecule has 0 atom stereocenters. The van der Waals surface area contributed by atoms with Crippen LogP contribution in [0.4, 0.5) is 25.1 Å². The van der Waals surface area contributed by atoms with Crippen molar-refractivity contribution in [3.63, 3.8) is 0 Å². The highest BCUT2D eigenvalue weighted by molar-refractivity contribution is 6.04. The summed E-state index contributed by atoms with van der Waals surface area (Å²) >= 11 is 0. The van der Waals surface area contributed by atoms with Gasteiger partial charge in [0.25, 0.3) is 12.3 Å². The minimum atomic E-state index is -2.88. The molecule has 43 heavy (non-hydrogen) atoms. The van der Waals surface area contributed by atoms with Crippen LogP contribution in [-0.4, -0.2) is 62.7 Å². The Kier molecular flexibility index (Phi) is 8.81. The number of alkyl halides is 2. The highest BCUT2D eigenvalue weighted by Crippen LogP contribution is 2.36. The molecule has 5 rings (SSSR count). The number of nitrogens with zero attached hydrogens (tertiary/aromatic N) is 6. The van der Waals surface area contributed by atoms with E-state index in [4.69, 9.17) is 9.15 Å². The van der Waals surface area contributed by atoms with Crippen molar-refractivity contribution in [2.24, 2.45) is 11.8 Å². The van der Waals surface area contributed by atoms with Gasteiger partial charge in [0.1, 0.15) is 17.7 Å². The molecule has 2 saturated carbocycles. The molecular formula is C30H38F2N6O5. The lowest BCUT2D eigenvalue weighted by Crippen LogP contribution is -2.38. The van der Waals surface area contributed by atoms with Crippen LogP contribution in [-0.2, 0) is 4.74 Å². The standard InChI is InChI=1S/C30H38F2N6O5/c1-30(2,3)43-29(41)37(14-18-5-6-18)24-13-20(11-12-33-24)27-34-22(17-42-27)28(40)36(4)23-15-38(35-25(23)26(31)32)21-9-7-19(16-39)8-10-21/h11-13,15,17-19,21,26,39H,5-10,14,16H2,1-4H3/t19-,21-. The molecule has 0 bridgehead atoms. The van der Waals surface area contributed by atoms with Crippen LogP contribution in [0.5, 0.6) is 0 Å². The van der Waals surface area contributed by atoms with Crippen LogP contribution in [0, 0.1) is 11.8 Å². The van der Waals surface area contributed by atoms with Gasteiger partial charge in [-0.05, 0) is 83.3 Å². The van der Waals surface area contributed by atoms with Crippen LogP contribution in [0.25, 0.3) is 11.5 Å². The SMILES string of the molecule is CN(C(=O)c1coc(-c2ccnc(N(CC3CC3)C(=O)OC(C)(C)C)c2)n1)c1cn([C@H]2CC[C@H](CO)CC2)nc1C(F)F. The average molecular weight is 601 g/mol. The third-order valence-corrected chi connectivity index (χ3v) is 7.81. The summed E-state index contributed by atoms with van der Waals surface area (Å²) < 4.78 is 40.7. The third kappa shape index (κ3) is 7.20. The Balaban J connectivity index is 1.35. The molecular weight excluding hydrogens is 562 g/mol. The van der Waals surface area contributed by atoms with Crippen molar-refractivity contribution in [2.75, 3.05) is 30.0 Å². The number of aliphatic hydroxyl groups excluding tert-OH is 1. The van der Waals surface area contributed by atoms with Gasteiger partial charge in [0, 0.05) is 38.2 Å². The Hall–Kier alpha value is -3.87. The van der Waals surface area contributed by atoms with Gasteiger partial charge >= 0.3 is 6.09 Å². The summed E-state index contributed by atoms with van der Waals surface area (Å²) in [6.45, 7) is 5.97. The molecule has 0 radical (unpaired) electrons. The molecule has 2 fully saturated rings. The van der Waals surface area contributed by atoms with Crippen molar-refractivity contribution >= 4 is 23.5 Å². The summed E-state index contributed by atoms with van der Waals surface area (Å²) in [5.41, 5.74) is -0.765. The number of oxazole rings is 1. The first-order valence-electron chi connectivity index (χ1n) is 14.6. The number of aromatic nitrogens is 4. The summed E-state index contributed by atoms with van der Waals surface area (Å²) in [4.78, 5) is 37.7. The lowest BCUT2D eigenvalue weighted by atomic mass is 9.87. The van der Waals surface area contributed by atoms with E-state index in [0.717, 1.165) is 30.6 Å². The van der Waals surface area contributed by atoms with Crippen LogP contribution in [0.3, 0.4) is 0 Å². The van der Waals surface area contributed by atoms with Gasteiger partial charge in [0.2, 0.25) is 5.89 Å². The van der Waals surface area contributed by atoms with Crippen molar-refractivity contribution in [2.45, 2.75) is 77.4 Å². The van der Waals surface area contributed by atoms with Crippen molar-refractivity contribution in [3.05, 3.63) is 42.2 Å². The largest absolute Gasteiger partial charge is 0.444 e. The number of carbonyl (C=O) groups excluding carboxylic acids is 2. The Morgan fingerprint density at radius 3 is 2.49 bits per heavy atom. The number of ether oxygens (including phenoxy) is 1.